The molecule has 0 aliphatic carbocycles. The van der Waals surface area contributed by atoms with Gasteiger partial charge in [-0.05, 0) is 42.8 Å². The fourth-order valence-electron chi connectivity index (χ4n) is 1.74. The van der Waals surface area contributed by atoms with Crippen molar-refractivity contribution < 1.29 is 9.59 Å². The molecule has 0 saturated heterocycles. The Morgan fingerprint density at radius 2 is 1.62 bits per heavy atom. The molecule has 3 nitrogen and oxygen atoms in total. The number of Topliss-reactive ketones (excluding diaryl/α,β-unsaturated/α-hetero) is 1. The number of rotatable bonds is 4. The number of carbonyl (C=O) groups is 2. The van der Waals surface area contributed by atoms with E-state index in [0.29, 0.717) is 11.3 Å². The van der Waals surface area contributed by atoms with Gasteiger partial charge in [0.25, 0.3) is 5.91 Å². The van der Waals surface area contributed by atoms with Gasteiger partial charge in [0.15, 0.2) is 5.78 Å². The van der Waals surface area contributed by atoms with Crippen LogP contribution in [0.1, 0.15) is 22.8 Å². The summed E-state index contributed by atoms with van der Waals surface area (Å²) in [5.74, 6) is -0.411. The van der Waals surface area contributed by atoms with E-state index in [0.717, 1.165) is 5.56 Å². The van der Waals surface area contributed by atoms with Crippen LogP contribution < -0.4 is 5.32 Å². The third-order valence-corrected chi connectivity index (χ3v) is 3.14. The smallest absolute Gasteiger partial charge is 0.267 e. The number of carbonyl (C=O) groups excluding carboxylic acids is 2. The first kappa shape index (κ1) is 15.0. The molecule has 0 atom stereocenters. The number of amides is 1. The highest BCUT2D eigenvalue weighted by molar-refractivity contribution is 6.45. The first-order valence-electron chi connectivity index (χ1n) is 6.41. The highest BCUT2D eigenvalue weighted by atomic mass is 35.5. The quantitative estimate of drug-likeness (QED) is 0.682. The largest absolute Gasteiger partial charge is 0.321 e. The van der Waals surface area contributed by atoms with E-state index >= 15 is 0 Å². The van der Waals surface area contributed by atoms with Crippen LogP contribution in [0, 0.1) is 0 Å². The van der Waals surface area contributed by atoms with E-state index in [4.69, 9.17) is 11.6 Å². The number of hydrogen-bond donors (Lipinski definition) is 1. The Morgan fingerprint density at radius 1 is 1.00 bits per heavy atom. The molecule has 1 N–H and O–H groups in total. The average molecular weight is 300 g/mol. The molecule has 106 valence electrons. The molecule has 0 heterocycles. The Hall–Kier alpha value is -2.39. The highest BCUT2D eigenvalue weighted by Gasteiger charge is 2.07. The Morgan fingerprint density at radius 3 is 2.19 bits per heavy atom. The Balaban J connectivity index is 2.07. The predicted molar refractivity (Wildman–Crippen MR) is 85.3 cm³/mol. The van der Waals surface area contributed by atoms with Gasteiger partial charge in [-0.2, -0.15) is 0 Å². The minimum absolute atomic E-state index is 0.0186. The summed E-state index contributed by atoms with van der Waals surface area (Å²) in [4.78, 5) is 23.1. The molecule has 0 unspecified atom stereocenters. The Labute approximate surface area is 128 Å². The van der Waals surface area contributed by atoms with Crippen molar-refractivity contribution in [3.63, 3.8) is 0 Å². The van der Waals surface area contributed by atoms with Crippen molar-refractivity contribution in [1.82, 2.24) is 0 Å². The van der Waals surface area contributed by atoms with E-state index in [-0.39, 0.29) is 10.8 Å². The zero-order valence-electron chi connectivity index (χ0n) is 11.5. The minimum atomic E-state index is -0.393. The van der Waals surface area contributed by atoms with Crippen LogP contribution in [0.2, 0.25) is 0 Å². The van der Waals surface area contributed by atoms with E-state index in [9.17, 15) is 9.59 Å². The van der Waals surface area contributed by atoms with Crippen LogP contribution in [0.3, 0.4) is 0 Å². The van der Waals surface area contributed by atoms with Crippen LogP contribution in [0.5, 0.6) is 0 Å². The number of ketones is 1. The average Bonchev–Trinajstić information content (AvgIpc) is 2.48. The van der Waals surface area contributed by atoms with Crippen molar-refractivity contribution in [2.45, 2.75) is 6.92 Å². The monoisotopic (exact) mass is 299 g/mol. The summed E-state index contributed by atoms with van der Waals surface area (Å²) in [6.45, 7) is 1.49. The highest BCUT2D eigenvalue weighted by Crippen LogP contribution is 2.15. The molecule has 2 rings (SSSR count). The zero-order valence-corrected chi connectivity index (χ0v) is 12.2. The molecular weight excluding hydrogens is 286 g/mol. The molecule has 0 fully saturated rings. The van der Waals surface area contributed by atoms with Gasteiger partial charge in [-0.15, -0.1) is 0 Å². The third-order valence-electron chi connectivity index (χ3n) is 2.86. The normalized spacial score (nSPS) is 11.0. The van der Waals surface area contributed by atoms with Crippen LogP contribution in [-0.2, 0) is 4.79 Å². The minimum Gasteiger partial charge on any atom is -0.321 e. The first-order chi connectivity index (χ1) is 10.1. The molecule has 1 amide bonds. The lowest BCUT2D eigenvalue weighted by Gasteiger charge is -2.05. The Bertz CT molecular complexity index is 676. The van der Waals surface area contributed by atoms with Gasteiger partial charge in [-0.1, -0.05) is 41.9 Å². The topological polar surface area (TPSA) is 46.2 Å². The van der Waals surface area contributed by atoms with Crippen LogP contribution in [0.25, 0.3) is 6.08 Å². The summed E-state index contributed by atoms with van der Waals surface area (Å²) in [5.41, 5.74) is 2.04. The maximum absolute atomic E-state index is 12.0. The molecule has 4 heteroatoms. The number of nitrogens with one attached hydrogen (secondary N) is 1. The summed E-state index contributed by atoms with van der Waals surface area (Å²) in [5, 5.41) is 2.77. The maximum Gasteiger partial charge on any atom is 0.267 e. The molecular formula is C17H14ClNO2. The summed E-state index contributed by atoms with van der Waals surface area (Å²) < 4.78 is 0. The maximum atomic E-state index is 12.0. The van der Waals surface area contributed by atoms with E-state index in [1.807, 2.05) is 30.3 Å². The van der Waals surface area contributed by atoms with Crippen LogP contribution in [0.4, 0.5) is 5.69 Å². The van der Waals surface area contributed by atoms with Crippen LogP contribution >= 0.6 is 11.6 Å². The van der Waals surface area contributed by atoms with Gasteiger partial charge < -0.3 is 5.32 Å². The predicted octanol–water partition coefficient (Wildman–Crippen LogP) is 4.11. The number of hydrogen-bond acceptors (Lipinski definition) is 2. The lowest BCUT2D eigenvalue weighted by atomic mass is 10.1. The fraction of sp³-hybridized carbons (Fsp3) is 0.0588. The van der Waals surface area contributed by atoms with E-state index < -0.39 is 5.91 Å². The number of benzene rings is 2. The van der Waals surface area contributed by atoms with Crippen molar-refractivity contribution >= 4 is 35.1 Å². The number of halogens is 1. The zero-order chi connectivity index (χ0) is 15.2. The first-order valence-corrected chi connectivity index (χ1v) is 6.78. The van der Waals surface area contributed by atoms with Crippen molar-refractivity contribution in [3.05, 3.63) is 70.8 Å². The van der Waals surface area contributed by atoms with E-state index in [2.05, 4.69) is 5.32 Å². The summed E-state index contributed by atoms with van der Waals surface area (Å²) in [6, 6.07) is 16.0. The summed E-state index contributed by atoms with van der Waals surface area (Å²) in [7, 11) is 0. The van der Waals surface area contributed by atoms with Gasteiger partial charge in [0.05, 0.1) is 0 Å². The van der Waals surface area contributed by atoms with Gasteiger partial charge in [0.1, 0.15) is 5.03 Å². The van der Waals surface area contributed by atoms with Gasteiger partial charge in [-0.25, -0.2) is 0 Å². The number of anilines is 1. The van der Waals surface area contributed by atoms with E-state index in [1.54, 1.807) is 30.3 Å². The Kier molecular flexibility index (Phi) is 4.90. The fourth-order valence-corrected chi connectivity index (χ4v) is 1.91. The standard InChI is InChI=1S/C17H14ClNO2/c1-12(20)14-7-9-15(10-8-14)19-17(21)16(18)11-13-5-3-2-4-6-13/h2-11H,1H3,(H,19,21). The van der Waals surface area contributed by atoms with Gasteiger partial charge >= 0.3 is 0 Å². The molecule has 0 aliphatic heterocycles. The van der Waals surface area contributed by atoms with Gasteiger partial charge in [-0.3, -0.25) is 9.59 Å². The second-order valence-electron chi connectivity index (χ2n) is 4.49. The molecule has 0 aromatic heterocycles. The summed E-state index contributed by atoms with van der Waals surface area (Å²) in [6.07, 6.45) is 1.60. The van der Waals surface area contributed by atoms with Crippen molar-refractivity contribution in [2.24, 2.45) is 0 Å². The van der Waals surface area contributed by atoms with Crippen molar-refractivity contribution in [1.29, 1.82) is 0 Å². The molecule has 2 aromatic rings. The lowest BCUT2D eigenvalue weighted by Crippen LogP contribution is -2.11. The van der Waals surface area contributed by atoms with Gasteiger partial charge in [0, 0.05) is 11.3 Å². The van der Waals surface area contributed by atoms with Crippen LogP contribution in [0.15, 0.2) is 59.6 Å². The van der Waals surface area contributed by atoms with E-state index in [1.165, 1.54) is 6.92 Å². The van der Waals surface area contributed by atoms with Crippen LogP contribution in [-0.4, -0.2) is 11.7 Å². The lowest BCUT2D eigenvalue weighted by molar-refractivity contribution is -0.112. The molecule has 0 aliphatic rings. The molecule has 0 spiro atoms. The van der Waals surface area contributed by atoms with Gasteiger partial charge in [0.2, 0.25) is 0 Å². The summed E-state index contributed by atoms with van der Waals surface area (Å²) >= 11 is 5.99. The second kappa shape index (κ2) is 6.86. The molecule has 0 saturated carbocycles. The third kappa shape index (κ3) is 4.29. The molecule has 21 heavy (non-hydrogen) atoms. The van der Waals surface area contributed by atoms with Crippen molar-refractivity contribution in [2.75, 3.05) is 5.32 Å². The SMILES string of the molecule is CC(=O)c1ccc(NC(=O)C(Cl)=Cc2ccccc2)cc1. The molecule has 0 radical (unpaired) electrons. The van der Waals surface area contributed by atoms with Crippen molar-refractivity contribution in [3.8, 4) is 0 Å². The second-order valence-corrected chi connectivity index (χ2v) is 4.90. The molecule has 2 aromatic carbocycles. The molecule has 0 bridgehead atoms.